The number of carbonyl (C=O) groups excluding carboxylic acids is 3. The van der Waals surface area contributed by atoms with Gasteiger partial charge in [0.15, 0.2) is 5.96 Å². The van der Waals surface area contributed by atoms with Gasteiger partial charge in [-0.05, 0) is 42.2 Å². The number of nitrogens with two attached hydrogens (primary N) is 3. The zero-order valence-electron chi connectivity index (χ0n) is 23.9. The molecule has 3 amide bonds. The third-order valence-electron chi connectivity index (χ3n) is 6.83. The molecular weight excluding hydrogens is 588 g/mol. The van der Waals surface area contributed by atoms with E-state index < -0.39 is 47.9 Å². The minimum Gasteiger partial charge on any atom is -0.508 e. The molecule has 0 saturated carbocycles. The molecule has 3 aromatic rings. The summed E-state index contributed by atoms with van der Waals surface area (Å²) >= 11 is 4.04. The van der Waals surface area contributed by atoms with Gasteiger partial charge >= 0.3 is 5.97 Å². The number of thiol groups is 1. The average Bonchev–Trinajstić information content (AvgIpc) is 3.40. The van der Waals surface area contributed by atoms with E-state index in [0.29, 0.717) is 11.1 Å². The van der Waals surface area contributed by atoms with Crippen LogP contribution in [0.2, 0.25) is 0 Å². The number of nitrogens with one attached hydrogen (secondary N) is 4. The summed E-state index contributed by atoms with van der Waals surface area (Å²) in [6, 6.07) is 8.76. The molecule has 3 rings (SSSR count). The Morgan fingerprint density at radius 1 is 0.886 bits per heavy atom. The van der Waals surface area contributed by atoms with Crippen molar-refractivity contribution in [2.24, 2.45) is 22.2 Å². The molecule has 1 aromatic heterocycles. The summed E-state index contributed by atoms with van der Waals surface area (Å²) in [5.74, 6) is -3.42. The molecule has 0 aliphatic rings. The number of carboxylic acid groups (broad SMARTS) is 1. The van der Waals surface area contributed by atoms with Crippen molar-refractivity contribution in [1.29, 1.82) is 0 Å². The summed E-state index contributed by atoms with van der Waals surface area (Å²) in [6.07, 6.45) is 2.02. The number of aliphatic imine (C=N–C) groups is 1. The van der Waals surface area contributed by atoms with Crippen LogP contribution in [0.3, 0.4) is 0 Å². The molecule has 1 heterocycles. The molecule has 0 radical (unpaired) electrons. The number of aromatic hydroxyl groups is 1. The fourth-order valence-electron chi connectivity index (χ4n) is 4.48. The number of nitrogens with zero attached hydrogens (tertiary/aromatic N) is 1. The van der Waals surface area contributed by atoms with Crippen LogP contribution in [0, 0.1) is 0 Å². The van der Waals surface area contributed by atoms with Crippen LogP contribution in [-0.2, 0) is 32.0 Å². The number of amides is 3. The predicted molar refractivity (Wildman–Crippen MR) is 169 cm³/mol. The number of phenols is 1. The highest BCUT2D eigenvalue weighted by Crippen LogP contribution is 2.19. The highest BCUT2D eigenvalue weighted by atomic mass is 32.1. The van der Waals surface area contributed by atoms with Gasteiger partial charge in [0.05, 0.1) is 6.04 Å². The van der Waals surface area contributed by atoms with Crippen molar-refractivity contribution in [3.8, 4) is 5.75 Å². The molecule has 2 aromatic carbocycles. The molecule has 14 nitrogen and oxygen atoms in total. The maximum absolute atomic E-state index is 13.5. The Hall–Kier alpha value is -4.76. The van der Waals surface area contributed by atoms with Gasteiger partial charge < -0.3 is 48.3 Å². The molecule has 12 N–H and O–H groups in total. The number of hydrogen-bond donors (Lipinski definition) is 10. The lowest BCUT2D eigenvalue weighted by Gasteiger charge is -2.25. The van der Waals surface area contributed by atoms with Gasteiger partial charge in [0.2, 0.25) is 17.7 Å². The lowest BCUT2D eigenvalue weighted by atomic mass is 10.0. The van der Waals surface area contributed by atoms with Crippen molar-refractivity contribution in [1.82, 2.24) is 20.9 Å². The molecule has 0 fully saturated rings. The molecule has 236 valence electrons. The number of fused-ring (bicyclic) bond motifs is 1. The second-order valence-corrected chi connectivity index (χ2v) is 10.6. The monoisotopic (exact) mass is 626 g/mol. The Labute approximate surface area is 259 Å². The first kappa shape index (κ1) is 33.7. The van der Waals surface area contributed by atoms with Gasteiger partial charge in [-0.3, -0.25) is 19.4 Å². The van der Waals surface area contributed by atoms with Gasteiger partial charge in [0.1, 0.15) is 23.9 Å². The second-order valence-electron chi connectivity index (χ2n) is 10.2. The van der Waals surface area contributed by atoms with E-state index in [4.69, 9.17) is 17.2 Å². The molecule has 0 saturated heterocycles. The number of H-pyrrole nitrogens is 1. The Morgan fingerprint density at radius 2 is 1.52 bits per heavy atom. The first-order chi connectivity index (χ1) is 21.0. The average molecular weight is 627 g/mol. The number of carbonyl (C=O) groups is 4. The Kier molecular flexibility index (Phi) is 12.4. The fourth-order valence-corrected chi connectivity index (χ4v) is 4.64. The molecule has 0 aliphatic carbocycles. The van der Waals surface area contributed by atoms with Gasteiger partial charge in [-0.2, -0.15) is 12.6 Å². The number of carboxylic acids is 1. The van der Waals surface area contributed by atoms with Crippen LogP contribution in [0.15, 0.2) is 59.7 Å². The van der Waals surface area contributed by atoms with Gasteiger partial charge in [-0.15, -0.1) is 0 Å². The van der Waals surface area contributed by atoms with Crippen molar-refractivity contribution >= 4 is 53.2 Å². The van der Waals surface area contributed by atoms with Crippen LogP contribution in [0.25, 0.3) is 10.9 Å². The number of guanidine groups is 1. The maximum Gasteiger partial charge on any atom is 0.326 e. The van der Waals surface area contributed by atoms with E-state index in [-0.39, 0.29) is 49.7 Å². The van der Waals surface area contributed by atoms with Crippen LogP contribution in [-0.4, -0.2) is 81.3 Å². The number of aromatic nitrogens is 1. The van der Waals surface area contributed by atoms with Crippen molar-refractivity contribution in [2.45, 2.75) is 49.9 Å². The van der Waals surface area contributed by atoms with E-state index in [1.165, 1.54) is 12.1 Å². The minimum absolute atomic E-state index is 0.0117. The number of phenolic OH excluding ortho intramolecular Hbond substituents is 1. The first-order valence-corrected chi connectivity index (χ1v) is 14.5. The molecule has 0 spiro atoms. The van der Waals surface area contributed by atoms with E-state index >= 15 is 0 Å². The summed E-state index contributed by atoms with van der Waals surface area (Å²) in [5.41, 5.74) is 18.7. The summed E-state index contributed by atoms with van der Waals surface area (Å²) in [6.45, 7) is 0.157. The van der Waals surface area contributed by atoms with Crippen molar-refractivity contribution in [3.05, 3.63) is 65.9 Å². The first-order valence-electron chi connectivity index (χ1n) is 13.9. The topological polar surface area (TPSA) is 251 Å². The largest absolute Gasteiger partial charge is 0.508 e. The van der Waals surface area contributed by atoms with Crippen LogP contribution in [0.1, 0.15) is 24.0 Å². The minimum atomic E-state index is -1.31. The normalized spacial score (nSPS) is 13.7. The fraction of sp³-hybridized carbons (Fsp3) is 0.345. The molecular formula is C29H38N8O6S. The maximum atomic E-state index is 13.5. The van der Waals surface area contributed by atoms with Crippen LogP contribution < -0.4 is 33.2 Å². The molecule has 0 aliphatic heterocycles. The third kappa shape index (κ3) is 9.91. The van der Waals surface area contributed by atoms with Crippen molar-refractivity contribution in [2.75, 3.05) is 12.3 Å². The molecule has 15 heteroatoms. The number of rotatable bonds is 16. The molecule has 4 atom stereocenters. The van der Waals surface area contributed by atoms with Crippen molar-refractivity contribution in [3.63, 3.8) is 0 Å². The number of aliphatic carboxylic acids is 1. The zero-order chi connectivity index (χ0) is 32.2. The van der Waals surface area contributed by atoms with E-state index in [1.54, 1.807) is 18.3 Å². The highest BCUT2D eigenvalue weighted by molar-refractivity contribution is 7.80. The van der Waals surface area contributed by atoms with Gasteiger partial charge in [-0.25, -0.2) is 4.79 Å². The third-order valence-corrected chi connectivity index (χ3v) is 7.23. The van der Waals surface area contributed by atoms with Crippen LogP contribution in [0.4, 0.5) is 0 Å². The van der Waals surface area contributed by atoms with Gasteiger partial charge in [-0.1, -0.05) is 30.3 Å². The van der Waals surface area contributed by atoms with E-state index in [1.807, 2.05) is 24.3 Å². The van der Waals surface area contributed by atoms with Crippen molar-refractivity contribution < 1.29 is 29.4 Å². The summed E-state index contributed by atoms with van der Waals surface area (Å²) in [7, 11) is 0. The smallest absolute Gasteiger partial charge is 0.326 e. The standard InChI is InChI=1S/C29H38N8O6S/c30-20(15-44)25(39)36-23(12-16-7-9-18(38)10-8-16)27(41)35-22(6-3-11-33-29(31)32)26(40)37-24(28(42)43)13-17-14-34-21-5-2-1-4-19(17)21/h1-2,4-5,7-10,14,20,22-24,34,38,44H,3,6,11-13,15,30H2,(H,35,41)(H,36,39)(H,37,40)(H,42,43)(H4,31,32,33). The number of para-hydroxylation sites is 1. The summed E-state index contributed by atoms with van der Waals surface area (Å²) in [5, 5.41) is 28.2. The Bertz CT molecular complexity index is 1470. The lowest BCUT2D eigenvalue weighted by molar-refractivity contribution is -0.142. The number of aromatic amines is 1. The summed E-state index contributed by atoms with van der Waals surface area (Å²) in [4.78, 5) is 58.8. The van der Waals surface area contributed by atoms with E-state index in [2.05, 4.69) is 38.6 Å². The van der Waals surface area contributed by atoms with Gasteiger partial charge in [0, 0.05) is 42.2 Å². The van der Waals surface area contributed by atoms with E-state index in [0.717, 1.165) is 10.9 Å². The lowest BCUT2D eigenvalue weighted by Crippen LogP contribution is -2.58. The molecule has 44 heavy (non-hydrogen) atoms. The van der Waals surface area contributed by atoms with Crippen LogP contribution >= 0.6 is 12.6 Å². The number of hydrogen-bond acceptors (Lipinski definition) is 8. The number of benzene rings is 2. The predicted octanol–water partition coefficient (Wildman–Crippen LogP) is -0.492. The zero-order valence-corrected chi connectivity index (χ0v) is 24.8. The highest BCUT2D eigenvalue weighted by Gasteiger charge is 2.30. The van der Waals surface area contributed by atoms with Gasteiger partial charge in [0.25, 0.3) is 0 Å². The molecule has 4 unspecified atom stereocenters. The Balaban J connectivity index is 1.81. The SMILES string of the molecule is NC(N)=NCCCC(NC(=O)C(Cc1ccc(O)cc1)NC(=O)C(N)CS)C(=O)NC(Cc1c[nH]c2ccccc12)C(=O)O. The van der Waals surface area contributed by atoms with E-state index in [9.17, 15) is 29.4 Å². The molecule has 0 bridgehead atoms. The quantitative estimate of drug-likeness (QED) is 0.0425. The Morgan fingerprint density at radius 3 is 2.18 bits per heavy atom. The summed E-state index contributed by atoms with van der Waals surface area (Å²) < 4.78 is 0. The van der Waals surface area contributed by atoms with Crippen LogP contribution in [0.5, 0.6) is 5.75 Å². The second kappa shape index (κ2) is 16.2.